The van der Waals surface area contributed by atoms with E-state index in [2.05, 4.69) is 8.90 Å². The van der Waals surface area contributed by atoms with E-state index in [4.69, 9.17) is 18.9 Å². The van der Waals surface area contributed by atoms with Gasteiger partial charge in [0.1, 0.15) is 7.82 Å². The summed E-state index contributed by atoms with van der Waals surface area (Å²) in [5, 5.41) is 1.80. The number of benzene rings is 2. The van der Waals surface area contributed by atoms with Crippen molar-refractivity contribution >= 4 is 19.4 Å². The number of hydrogen-bond donors (Lipinski definition) is 0. The van der Waals surface area contributed by atoms with E-state index < -0.39 is 7.82 Å². The van der Waals surface area contributed by atoms with E-state index in [1.54, 1.807) is 11.4 Å². The second-order valence-corrected chi connectivity index (χ2v) is 8.06. The normalized spacial score (nSPS) is 11.9. The first kappa shape index (κ1) is 27.5. The van der Waals surface area contributed by atoms with Crippen LogP contribution in [0.2, 0.25) is 0 Å². The van der Waals surface area contributed by atoms with Gasteiger partial charge < -0.3 is 37.8 Å². The largest absolute Gasteiger partial charge is 1.00 e. The van der Waals surface area contributed by atoms with Crippen LogP contribution in [0.4, 0.5) is 0 Å². The molecule has 3 aromatic rings. The topological polar surface area (TPSA) is 122 Å². The summed E-state index contributed by atoms with van der Waals surface area (Å²) in [4.78, 5) is 22.4. The molecule has 0 N–H and O–H groups in total. The number of nitrogens with zero attached hydrogens (tertiary/aromatic N) is 1. The van der Waals surface area contributed by atoms with Gasteiger partial charge >= 0.3 is 59.1 Å². The van der Waals surface area contributed by atoms with Crippen LogP contribution < -0.4 is 92.4 Å². The van der Waals surface area contributed by atoms with Gasteiger partial charge in [-0.1, -0.05) is 0 Å². The zero-order valence-corrected chi connectivity index (χ0v) is 23.9. The van der Waals surface area contributed by atoms with E-state index in [0.29, 0.717) is 28.3 Å². The molecule has 32 heavy (non-hydrogen) atoms. The number of phosphoric ester groups is 1. The van der Waals surface area contributed by atoms with Crippen molar-refractivity contribution in [3.63, 3.8) is 0 Å². The molecular formula is C19H16NNa2O8PS. The molecule has 9 nitrogen and oxygen atoms in total. The van der Waals surface area contributed by atoms with Gasteiger partial charge in [0, 0.05) is 16.5 Å². The maximum absolute atomic E-state index is 11.2. The molecule has 0 radical (unpaired) electrons. The maximum atomic E-state index is 11.2. The summed E-state index contributed by atoms with van der Waals surface area (Å²) < 4.78 is 41.8. The van der Waals surface area contributed by atoms with Crippen molar-refractivity contribution in [1.29, 1.82) is 0 Å². The third kappa shape index (κ3) is 5.64. The minimum Gasteiger partial charge on any atom is -0.780 e. The second kappa shape index (κ2) is 11.1. The Balaban J connectivity index is 0.00000181. The minimum atomic E-state index is -5.32. The Bertz CT molecular complexity index is 1170. The summed E-state index contributed by atoms with van der Waals surface area (Å²) in [6, 6.07) is 6.80. The number of ether oxygens (including phenoxy) is 4. The molecule has 0 unspecified atom stereocenters. The van der Waals surface area contributed by atoms with Crippen molar-refractivity contribution in [1.82, 2.24) is 4.37 Å². The number of methoxy groups -OCH3 is 2. The average molecular weight is 495 g/mol. The molecule has 2 heterocycles. The van der Waals surface area contributed by atoms with Crippen LogP contribution in [-0.4, -0.2) is 25.4 Å². The quantitative estimate of drug-likeness (QED) is 0.256. The Labute approximate surface area is 233 Å². The third-order valence-electron chi connectivity index (χ3n) is 4.47. The molecule has 158 valence electrons. The summed E-state index contributed by atoms with van der Waals surface area (Å²) in [7, 11) is -2.61. The van der Waals surface area contributed by atoms with E-state index in [1.165, 1.54) is 31.8 Å². The Morgan fingerprint density at radius 3 is 2.41 bits per heavy atom. The van der Waals surface area contributed by atoms with Crippen LogP contribution in [-0.2, 0) is 4.57 Å². The Kier molecular flexibility index (Phi) is 9.52. The van der Waals surface area contributed by atoms with Crippen LogP contribution in [0.5, 0.6) is 28.7 Å². The van der Waals surface area contributed by atoms with Gasteiger partial charge in [0.15, 0.2) is 23.0 Å². The van der Waals surface area contributed by atoms with Gasteiger partial charge in [0.25, 0.3) is 0 Å². The number of hydrogen-bond acceptors (Lipinski definition) is 10. The summed E-state index contributed by atoms with van der Waals surface area (Å²) in [6.45, 7) is 2.07. The number of fused-ring (bicyclic) bond motifs is 1. The second-order valence-electron chi connectivity index (χ2n) is 6.35. The first-order valence-electron chi connectivity index (χ1n) is 8.63. The Morgan fingerprint density at radius 2 is 1.75 bits per heavy atom. The van der Waals surface area contributed by atoms with Gasteiger partial charge in [-0.3, -0.25) is 0 Å². The number of aryl methyl sites for hydroxylation is 1. The molecule has 0 amide bonds. The monoisotopic (exact) mass is 495 g/mol. The smallest absolute Gasteiger partial charge is 0.780 e. The van der Waals surface area contributed by atoms with Gasteiger partial charge in [-0.15, -0.1) is 0 Å². The van der Waals surface area contributed by atoms with Crippen molar-refractivity contribution in [2.75, 3.05) is 21.0 Å². The standard InChI is InChI=1S/C19H18NO8PS.2Na/c1-10-4-12(7-15-18(10)27-9-26-15)17-13(8-30-20-17)11-5-14(24-2)19(25-3)16(6-11)28-29(21,22)23;;/h4-8H,9H2,1-3H3,(H2,21,22,23);;/q;2*+1/p-2. The van der Waals surface area contributed by atoms with Gasteiger partial charge in [0.05, 0.1) is 19.9 Å². The maximum Gasteiger partial charge on any atom is 1.00 e. The molecule has 1 aromatic heterocycles. The molecule has 0 aliphatic carbocycles. The Morgan fingerprint density at radius 1 is 1.03 bits per heavy atom. The number of phosphoric acid groups is 1. The summed E-state index contributed by atoms with van der Waals surface area (Å²) in [5.41, 5.74) is 3.57. The molecule has 13 heteroatoms. The number of rotatable bonds is 6. The van der Waals surface area contributed by atoms with Crippen LogP contribution in [0, 0.1) is 6.92 Å². The van der Waals surface area contributed by atoms with E-state index in [0.717, 1.165) is 11.1 Å². The van der Waals surface area contributed by atoms with Gasteiger partial charge in [-0.25, -0.2) is 0 Å². The molecule has 2 aromatic carbocycles. The SMILES string of the molecule is COc1cc(-c2csnc2-c2cc(C)c3c(c2)OCO3)cc(OP(=O)([O-])[O-])c1OC.[Na+].[Na+]. The molecular weight excluding hydrogens is 479 g/mol. The van der Waals surface area contributed by atoms with Crippen molar-refractivity contribution < 1.29 is 96.9 Å². The summed E-state index contributed by atoms with van der Waals surface area (Å²) >= 11 is 1.22. The van der Waals surface area contributed by atoms with Crippen LogP contribution in [0.3, 0.4) is 0 Å². The van der Waals surface area contributed by atoms with E-state index in [-0.39, 0.29) is 83.2 Å². The van der Waals surface area contributed by atoms with Crippen molar-refractivity contribution in [3.05, 3.63) is 35.2 Å². The number of aromatic nitrogens is 1. The molecule has 0 fully saturated rings. The molecule has 1 aliphatic rings. The average Bonchev–Trinajstić information content (AvgIpc) is 3.35. The van der Waals surface area contributed by atoms with Crippen LogP contribution in [0.15, 0.2) is 29.6 Å². The van der Waals surface area contributed by atoms with Crippen LogP contribution in [0.1, 0.15) is 5.56 Å². The molecule has 4 rings (SSSR count). The van der Waals surface area contributed by atoms with E-state index >= 15 is 0 Å². The first-order valence-corrected chi connectivity index (χ1v) is 10.9. The molecule has 0 atom stereocenters. The zero-order chi connectivity index (χ0) is 21.5. The van der Waals surface area contributed by atoms with Crippen molar-refractivity contribution in [2.24, 2.45) is 0 Å². The molecule has 0 saturated heterocycles. The fourth-order valence-corrected chi connectivity index (χ4v) is 4.34. The van der Waals surface area contributed by atoms with Crippen molar-refractivity contribution in [3.8, 4) is 51.1 Å². The third-order valence-corrected chi connectivity index (χ3v) is 5.52. The van der Waals surface area contributed by atoms with Gasteiger partial charge in [0.2, 0.25) is 12.5 Å². The van der Waals surface area contributed by atoms with Gasteiger partial charge in [-0.05, 0) is 53.8 Å². The van der Waals surface area contributed by atoms with E-state index in [9.17, 15) is 14.4 Å². The zero-order valence-electron chi connectivity index (χ0n) is 18.2. The summed E-state index contributed by atoms with van der Waals surface area (Å²) in [5.74, 6) is 1.26. The first-order chi connectivity index (χ1) is 14.3. The molecule has 0 saturated carbocycles. The van der Waals surface area contributed by atoms with Crippen molar-refractivity contribution in [2.45, 2.75) is 6.92 Å². The fraction of sp³-hybridized carbons (Fsp3) is 0.211. The van der Waals surface area contributed by atoms with Crippen LogP contribution in [0.25, 0.3) is 22.4 Å². The summed E-state index contributed by atoms with van der Waals surface area (Å²) in [6.07, 6.45) is 0. The molecule has 0 bridgehead atoms. The van der Waals surface area contributed by atoms with Gasteiger partial charge in [-0.2, -0.15) is 4.37 Å². The predicted molar refractivity (Wildman–Crippen MR) is 105 cm³/mol. The predicted octanol–water partition coefficient (Wildman–Crippen LogP) is -3.25. The molecule has 0 spiro atoms. The Hall–Kier alpha value is -0.780. The van der Waals surface area contributed by atoms with E-state index in [1.807, 2.05) is 19.1 Å². The minimum absolute atomic E-state index is 0. The van der Waals surface area contributed by atoms with Crippen LogP contribution >= 0.6 is 19.4 Å². The fourth-order valence-electron chi connectivity index (χ4n) is 3.25. The molecule has 1 aliphatic heterocycles.